The number of nitrogens with one attached hydrogen (secondary N) is 1. The van der Waals surface area contributed by atoms with E-state index in [4.69, 9.17) is 11.6 Å². The third kappa shape index (κ3) is 2.40. The lowest BCUT2D eigenvalue weighted by atomic mass is 10.1. The van der Waals surface area contributed by atoms with E-state index in [0.29, 0.717) is 30.8 Å². The number of pyridine rings is 1. The maximum absolute atomic E-state index is 12.1. The first kappa shape index (κ1) is 14.0. The maximum Gasteiger partial charge on any atom is 0.249 e. The lowest BCUT2D eigenvalue weighted by Gasteiger charge is -2.23. The number of carbonyl (C=O) groups is 2. The number of aromatic nitrogens is 3. The van der Waals surface area contributed by atoms with E-state index in [1.165, 1.54) is 0 Å². The first-order chi connectivity index (χ1) is 10.1. The van der Waals surface area contributed by atoms with Gasteiger partial charge in [0.05, 0.1) is 0 Å². The lowest BCUT2D eigenvalue weighted by Crippen LogP contribution is -2.42. The molecule has 1 fully saturated rings. The minimum Gasteiger partial charge on any atom is -0.300 e. The molecule has 1 atom stereocenters. The van der Waals surface area contributed by atoms with Crippen LogP contribution in [0.1, 0.15) is 30.3 Å². The van der Waals surface area contributed by atoms with Crippen molar-refractivity contribution in [3.05, 3.63) is 23.7 Å². The Balaban J connectivity index is 2.15. The smallest absolute Gasteiger partial charge is 0.249 e. The van der Waals surface area contributed by atoms with Gasteiger partial charge in [0.1, 0.15) is 17.4 Å². The first-order valence-corrected chi connectivity index (χ1v) is 7.37. The van der Waals surface area contributed by atoms with E-state index in [2.05, 4.69) is 15.3 Å². The zero-order valence-corrected chi connectivity index (χ0v) is 12.4. The predicted octanol–water partition coefficient (Wildman–Crippen LogP) is 1.50. The fourth-order valence-electron chi connectivity index (χ4n) is 2.67. The van der Waals surface area contributed by atoms with Crippen molar-refractivity contribution >= 4 is 34.6 Å². The minimum atomic E-state index is -0.458. The number of amides is 2. The van der Waals surface area contributed by atoms with Crippen molar-refractivity contribution in [3.8, 4) is 0 Å². The van der Waals surface area contributed by atoms with Crippen LogP contribution >= 0.6 is 11.6 Å². The van der Waals surface area contributed by atoms with Crippen LogP contribution in [0.15, 0.2) is 12.3 Å². The molecule has 0 aromatic carbocycles. The summed E-state index contributed by atoms with van der Waals surface area (Å²) in [6.07, 6.45) is 3.03. The Hall–Kier alpha value is -1.95. The molecule has 110 valence electrons. The summed E-state index contributed by atoms with van der Waals surface area (Å²) in [5.41, 5.74) is 2.45. The fourth-order valence-corrected chi connectivity index (χ4v) is 2.84. The molecule has 1 saturated heterocycles. The highest BCUT2D eigenvalue weighted by Gasteiger charge is 2.31. The van der Waals surface area contributed by atoms with Crippen LogP contribution in [0.3, 0.4) is 0 Å². The molecule has 7 heteroatoms. The van der Waals surface area contributed by atoms with E-state index < -0.39 is 6.04 Å². The number of alkyl halides is 1. The maximum atomic E-state index is 12.1. The Kier molecular flexibility index (Phi) is 3.63. The van der Waals surface area contributed by atoms with E-state index in [-0.39, 0.29) is 11.8 Å². The molecule has 2 aromatic heterocycles. The summed E-state index contributed by atoms with van der Waals surface area (Å²) in [5.74, 6) is 0.611. The molecule has 0 saturated carbocycles. The molecule has 1 N–H and O–H groups in total. The number of hydrogen-bond acceptors (Lipinski definition) is 4. The number of rotatable bonds is 3. The Morgan fingerprint density at radius 3 is 3.00 bits per heavy atom. The highest BCUT2D eigenvalue weighted by Crippen LogP contribution is 2.27. The van der Waals surface area contributed by atoms with Crippen LogP contribution in [0.25, 0.3) is 11.2 Å². The number of nitrogens with zero attached hydrogens (tertiary/aromatic N) is 3. The second-order valence-electron chi connectivity index (χ2n) is 5.10. The van der Waals surface area contributed by atoms with Crippen LogP contribution in [-0.2, 0) is 16.0 Å². The van der Waals surface area contributed by atoms with Crippen molar-refractivity contribution in [2.24, 2.45) is 0 Å². The van der Waals surface area contributed by atoms with Gasteiger partial charge < -0.3 is 0 Å². The third-order valence-corrected chi connectivity index (χ3v) is 3.88. The van der Waals surface area contributed by atoms with Gasteiger partial charge in [-0.25, -0.2) is 9.97 Å². The van der Waals surface area contributed by atoms with Crippen molar-refractivity contribution in [3.63, 3.8) is 0 Å². The quantitative estimate of drug-likeness (QED) is 0.688. The molecule has 3 heterocycles. The number of imidazole rings is 1. The fraction of sp³-hybridized carbons (Fsp3) is 0.429. The van der Waals surface area contributed by atoms with Gasteiger partial charge in [-0.15, -0.1) is 11.6 Å². The summed E-state index contributed by atoms with van der Waals surface area (Å²) >= 11 is 5.85. The van der Waals surface area contributed by atoms with Crippen LogP contribution in [0.4, 0.5) is 0 Å². The van der Waals surface area contributed by atoms with Crippen molar-refractivity contribution in [2.75, 3.05) is 5.88 Å². The molecule has 2 amide bonds. The van der Waals surface area contributed by atoms with E-state index in [1.807, 2.05) is 17.6 Å². The molecule has 3 rings (SSSR count). The van der Waals surface area contributed by atoms with E-state index in [1.54, 1.807) is 6.20 Å². The summed E-state index contributed by atoms with van der Waals surface area (Å²) in [6.45, 7) is 1.95. The molecule has 0 bridgehead atoms. The molecule has 1 aliphatic heterocycles. The monoisotopic (exact) mass is 306 g/mol. The number of piperidine rings is 1. The lowest BCUT2D eigenvalue weighted by molar-refractivity contribution is -0.135. The SMILES string of the molecule is Cc1ccnc2c1nc(CCCl)n2C1CCC(=O)NC1=O. The number of fused-ring (bicyclic) bond motifs is 1. The van der Waals surface area contributed by atoms with Crippen LogP contribution in [0.5, 0.6) is 0 Å². The average molecular weight is 307 g/mol. The minimum absolute atomic E-state index is 0.233. The van der Waals surface area contributed by atoms with Crippen molar-refractivity contribution in [2.45, 2.75) is 32.2 Å². The highest BCUT2D eigenvalue weighted by molar-refractivity contribution is 6.18. The highest BCUT2D eigenvalue weighted by atomic mass is 35.5. The molecule has 0 radical (unpaired) electrons. The van der Waals surface area contributed by atoms with Crippen molar-refractivity contribution in [1.82, 2.24) is 19.9 Å². The van der Waals surface area contributed by atoms with Crippen molar-refractivity contribution < 1.29 is 9.59 Å². The Bertz CT molecular complexity index is 725. The zero-order valence-electron chi connectivity index (χ0n) is 11.6. The van der Waals surface area contributed by atoms with E-state index >= 15 is 0 Å². The Morgan fingerprint density at radius 1 is 1.48 bits per heavy atom. The third-order valence-electron chi connectivity index (χ3n) is 3.69. The van der Waals surface area contributed by atoms with Crippen LogP contribution in [0, 0.1) is 6.92 Å². The zero-order chi connectivity index (χ0) is 15.0. The van der Waals surface area contributed by atoms with Gasteiger partial charge in [-0.2, -0.15) is 0 Å². The predicted molar refractivity (Wildman–Crippen MR) is 78.1 cm³/mol. The number of carbonyl (C=O) groups excluding carboxylic acids is 2. The molecular weight excluding hydrogens is 292 g/mol. The van der Waals surface area contributed by atoms with Crippen molar-refractivity contribution in [1.29, 1.82) is 0 Å². The van der Waals surface area contributed by atoms with Gasteiger partial charge in [0.2, 0.25) is 11.8 Å². The molecule has 2 aromatic rings. The van der Waals surface area contributed by atoms with Crippen LogP contribution in [0.2, 0.25) is 0 Å². The molecule has 0 spiro atoms. The number of aryl methyl sites for hydroxylation is 2. The number of hydrogen-bond donors (Lipinski definition) is 1. The van der Waals surface area contributed by atoms with Crippen LogP contribution in [-0.4, -0.2) is 32.2 Å². The second-order valence-corrected chi connectivity index (χ2v) is 5.48. The first-order valence-electron chi connectivity index (χ1n) is 6.84. The van der Waals surface area contributed by atoms with E-state index in [9.17, 15) is 9.59 Å². The topological polar surface area (TPSA) is 76.9 Å². The molecule has 1 unspecified atom stereocenters. The second kappa shape index (κ2) is 5.44. The van der Waals surface area contributed by atoms with Gasteiger partial charge in [0.25, 0.3) is 0 Å². The number of imide groups is 1. The Morgan fingerprint density at radius 2 is 2.29 bits per heavy atom. The van der Waals surface area contributed by atoms with Gasteiger partial charge in [-0.1, -0.05) is 0 Å². The molecule has 21 heavy (non-hydrogen) atoms. The molecule has 0 aliphatic carbocycles. The Labute approximate surface area is 126 Å². The summed E-state index contributed by atoms with van der Waals surface area (Å²) in [4.78, 5) is 32.4. The molecule has 6 nitrogen and oxygen atoms in total. The van der Waals surface area contributed by atoms with Gasteiger partial charge in [0.15, 0.2) is 5.65 Å². The summed E-state index contributed by atoms with van der Waals surface area (Å²) in [7, 11) is 0. The van der Waals surface area contributed by atoms with E-state index in [0.717, 1.165) is 16.9 Å². The van der Waals surface area contributed by atoms with Gasteiger partial charge in [0, 0.05) is 24.9 Å². The molecule has 1 aliphatic rings. The van der Waals surface area contributed by atoms with Gasteiger partial charge in [-0.05, 0) is 25.0 Å². The van der Waals surface area contributed by atoms with Gasteiger partial charge in [-0.3, -0.25) is 19.5 Å². The summed E-state index contributed by atoms with van der Waals surface area (Å²) in [5, 5.41) is 2.38. The van der Waals surface area contributed by atoms with Gasteiger partial charge >= 0.3 is 0 Å². The largest absolute Gasteiger partial charge is 0.300 e. The van der Waals surface area contributed by atoms with Crippen LogP contribution < -0.4 is 5.32 Å². The normalized spacial score (nSPS) is 19.0. The molecular formula is C14H15ClN4O2. The number of halogens is 1. The summed E-state index contributed by atoms with van der Waals surface area (Å²) in [6, 6.07) is 1.43. The standard InChI is InChI=1S/C14H15ClN4O2/c1-8-5-7-16-13-12(8)17-10(4-6-15)19(13)9-2-3-11(20)18-14(9)21/h5,7,9H,2-4,6H2,1H3,(H,18,20,21). The average Bonchev–Trinajstić information content (AvgIpc) is 2.79. The summed E-state index contributed by atoms with van der Waals surface area (Å²) < 4.78 is 1.83.